The first kappa shape index (κ1) is 59.6. The van der Waals surface area contributed by atoms with E-state index in [2.05, 4.69) is 57.2 Å². The van der Waals surface area contributed by atoms with Crippen molar-refractivity contribution in [3.8, 4) is 0 Å². The van der Waals surface area contributed by atoms with Crippen molar-refractivity contribution >= 4 is 17.9 Å². The highest BCUT2D eigenvalue weighted by Crippen LogP contribution is 2.16. The van der Waals surface area contributed by atoms with E-state index in [0.29, 0.717) is 19.3 Å². The van der Waals surface area contributed by atoms with Crippen molar-refractivity contribution in [2.24, 2.45) is 0 Å². The minimum Gasteiger partial charge on any atom is -0.462 e. The molecule has 0 rings (SSSR count). The molecule has 1 atom stereocenters. The van der Waals surface area contributed by atoms with Crippen molar-refractivity contribution in [2.45, 2.75) is 290 Å². The number of carbonyl (C=O) groups is 3. The van der Waals surface area contributed by atoms with Crippen LogP contribution in [0, 0.1) is 0 Å². The minimum atomic E-state index is -0.774. The number of hydrogen-bond acceptors (Lipinski definition) is 6. The molecule has 0 aliphatic heterocycles. The van der Waals surface area contributed by atoms with E-state index in [1.165, 1.54) is 167 Å². The van der Waals surface area contributed by atoms with E-state index in [9.17, 15) is 14.4 Å². The lowest BCUT2D eigenvalue weighted by atomic mass is 10.0. The number of esters is 3. The lowest BCUT2D eigenvalue weighted by Crippen LogP contribution is -2.30. The molecule has 0 fully saturated rings. The van der Waals surface area contributed by atoms with Crippen LogP contribution in [-0.2, 0) is 28.6 Å². The van der Waals surface area contributed by atoms with Gasteiger partial charge >= 0.3 is 17.9 Å². The second-order valence-electron chi connectivity index (χ2n) is 18.1. The molecule has 6 heteroatoms. The first-order valence-electron chi connectivity index (χ1n) is 27.0. The third-order valence-electron chi connectivity index (χ3n) is 11.9. The summed E-state index contributed by atoms with van der Waals surface area (Å²) in [5.74, 6) is -0.880. The SMILES string of the molecule is CCCC/C=C\CCCCCCCC(=O)OCC(COC(=O)CCCCCCCCC/C=C\C/C=C\CCCCCC)OC(=O)CCCCCCCCCCCCCCCCC. The molecule has 1 unspecified atom stereocenters. The zero-order valence-electron chi connectivity index (χ0n) is 41.4. The monoisotopic (exact) mass is 871 g/mol. The Morgan fingerprint density at radius 3 is 0.968 bits per heavy atom. The van der Waals surface area contributed by atoms with E-state index in [1.54, 1.807) is 0 Å². The van der Waals surface area contributed by atoms with Crippen LogP contribution >= 0.6 is 0 Å². The third kappa shape index (κ3) is 48.7. The molecule has 0 aromatic rings. The van der Waals surface area contributed by atoms with Gasteiger partial charge in [0.1, 0.15) is 13.2 Å². The lowest BCUT2D eigenvalue weighted by molar-refractivity contribution is -0.167. The van der Waals surface area contributed by atoms with Crippen LogP contribution in [0.5, 0.6) is 0 Å². The fraction of sp³-hybridized carbons (Fsp3) is 0.839. The molecular formula is C56H102O6. The average Bonchev–Trinajstić information content (AvgIpc) is 3.27. The highest BCUT2D eigenvalue weighted by Gasteiger charge is 2.19. The first-order valence-corrected chi connectivity index (χ1v) is 27.0. The van der Waals surface area contributed by atoms with Crippen LogP contribution < -0.4 is 0 Å². The maximum atomic E-state index is 12.8. The maximum absolute atomic E-state index is 12.8. The Labute approximate surface area is 385 Å². The summed E-state index contributed by atoms with van der Waals surface area (Å²) >= 11 is 0. The molecule has 0 aromatic carbocycles. The van der Waals surface area contributed by atoms with Crippen molar-refractivity contribution in [3.63, 3.8) is 0 Å². The van der Waals surface area contributed by atoms with Gasteiger partial charge in [0, 0.05) is 19.3 Å². The molecule has 0 aliphatic carbocycles. The van der Waals surface area contributed by atoms with Crippen molar-refractivity contribution < 1.29 is 28.6 Å². The van der Waals surface area contributed by atoms with E-state index < -0.39 is 6.10 Å². The summed E-state index contributed by atoms with van der Waals surface area (Å²) in [6.07, 6.45) is 59.8. The fourth-order valence-electron chi connectivity index (χ4n) is 7.75. The van der Waals surface area contributed by atoms with E-state index in [1.807, 2.05) is 0 Å². The normalized spacial score (nSPS) is 12.2. The highest BCUT2D eigenvalue weighted by atomic mass is 16.6. The van der Waals surface area contributed by atoms with Crippen LogP contribution in [0.2, 0.25) is 0 Å². The molecule has 0 aromatic heterocycles. The largest absolute Gasteiger partial charge is 0.462 e. The molecule has 362 valence electrons. The van der Waals surface area contributed by atoms with Gasteiger partial charge in [-0.15, -0.1) is 0 Å². The number of allylic oxidation sites excluding steroid dienone is 6. The van der Waals surface area contributed by atoms with Gasteiger partial charge in [-0.05, 0) is 70.6 Å². The van der Waals surface area contributed by atoms with Gasteiger partial charge in [-0.1, -0.05) is 231 Å². The van der Waals surface area contributed by atoms with E-state index in [4.69, 9.17) is 14.2 Å². The molecule has 0 saturated heterocycles. The van der Waals surface area contributed by atoms with E-state index in [0.717, 1.165) is 77.0 Å². The molecule has 6 nitrogen and oxygen atoms in total. The fourth-order valence-corrected chi connectivity index (χ4v) is 7.75. The summed E-state index contributed by atoms with van der Waals surface area (Å²) in [6, 6.07) is 0. The van der Waals surface area contributed by atoms with Crippen LogP contribution in [0.4, 0.5) is 0 Å². The second-order valence-corrected chi connectivity index (χ2v) is 18.1. The first-order chi connectivity index (χ1) is 30.5. The van der Waals surface area contributed by atoms with Gasteiger partial charge in [-0.2, -0.15) is 0 Å². The number of ether oxygens (including phenoxy) is 3. The van der Waals surface area contributed by atoms with Crippen LogP contribution in [0.15, 0.2) is 36.5 Å². The Hall–Kier alpha value is -2.37. The molecule has 0 radical (unpaired) electrons. The van der Waals surface area contributed by atoms with Crippen molar-refractivity contribution in [1.82, 2.24) is 0 Å². The Morgan fingerprint density at radius 1 is 0.323 bits per heavy atom. The molecule has 0 N–H and O–H groups in total. The minimum absolute atomic E-state index is 0.0760. The molecule has 62 heavy (non-hydrogen) atoms. The Kier molecular flexibility index (Phi) is 49.3. The number of rotatable bonds is 49. The molecule has 0 saturated carbocycles. The van der Waals surface area contributed by atoms with E-state index in [-0.39, 0.29) is 31.1 Å². The molecule has 0 heterocycles. The second kappa shape index (κ2) is 51.3. The van der Waals surface area contributed by atoms with Crippen LogP contribution in [0.25, 0.3) is 0 Å². The van der Waals surface area contributed by atoms with Gasteiger partial charge in [-0.25, -0.2) is 0 Å². The number of hydrogen-bond donors (Lipinski definition) is 0. The quantitative estimate of drug-likeness (QED) is 0.0262. The van der Waals surface area contributed by atoms with E-state index >= 15 is 0 Å². The Balaban J connectivity index is 4.33. The van der Waals surface area contributed by atoms with Gasteiger partial charge in [0.15, 0.2) is 6.10 Å². The number of unbranched alkanes of at least 4 members (excludes halogenated alkanes) is 32. The molecular weight excluding hydrogens is 769 g/mol. The summed E-state index contributed by atoms with van der Waals surface area (Å²) in [4.78, 5) is 38.0. The number of carbonyl (C=O) groups excluding carboxylic acids is 3. The predicted octanol–water partition coefficient (Wildman–Crippen LogP) is 17.7. The van der Waals surface area contributed by atoms with Gasteiger partial charge in [0.2, 0.25) is 0 Å². The Bertz CT molecular complexity index is 1050. The van der Waals surface area contributed by atoms with Gasteiger partial charge < -0.3 is 14.2 Å². The molecule has 0 amide bonds. The third-order valence-corrected chi connectivity index (χ3v) is 11.9. The van der Waals surface area contributed by atoms with Crippen molar-refractivity contribution in [3.05, 3.63) is 36.5 Å². The lowest BCUT2D eigenvalue weighted by Gasteiger charge is -2.18. The summed E-state index contributed by atoms with van der Waals surface area (Å²) < 4.78 is 16.8. The highest BCUT2D eigenvalue weighted by molar-refractivity contribution is 5.71. The topological polar surface area (TPSA) is 78.9 Å². The molecule has 0 aliphatic rings. The van der Waals surface area contributed by atoms with Gasteiger partial charge in [-0.3, -0.25) is 14.4 Å². The molecule has 0 spiro atoms. The summed E-state index contributed by atoms with van der Waals surface area (Å²) in [7, 11) is 0. The summed E-state index contributed by atoms with van der Waals surface area (Å²) in [6.45, 7) is 6.60. The summed E-state index contributed by atoms with van der Waals surface area (Å²) in [5.41, 5.74) is 0. The summed E-state index contributed by atoms with van der Waals surface area (Å²) in [5, 5.41) is 0. The van der Waals surface area contributed by atoms with Gasteiger partial charge in [0.05, 0.1) is 0 Å². The average molecular weight is 871 g/mol. The van der Waals surface area contributed by atoms with Crippen molar-refractivity contribution in [1.29, 1.82) is 0 Å². The van der Waals surface area contributed by atoms with Crippen molar-refractivity contribution in [2.75, 3.05) is 13.2 Å². The maximum Gasteiger partial charge on any atom is 0.306 e. The molecule has 0 bridgehead atoms. The predicted molar refractivity (Wildman–Crippen MR) is 266 cm³/mol. The zero-order valence-corrected chi connectivity index (χ0v) is 41.4. The van der Waals surface area contributed by atoms with Crippen LogP contribution in [0.3, 0.4) is 0 Å². The van der Waals surface area contributed by atoms with Crippen LogP contribution in [0.1, 0.15) is 284 Å². The van der Waals surface area contributed by atoms with Gasteiger partial charge in [0.25, 0.3) is 0 Å². The standard InChI is InChI=1S/C56H102O6/c1-4-7-10-13-16-19-22-24-26-27-28-30-31-34-37-40-43-46-49-55(58)61-52-53(51-60-54(57)48-45-42-39-36-33-21-18-15-12-9-6-3)62-56(59)50-47-44-41-38-35-32-29-25-23-20-17-14-11-8-5-2/h15,18-19,22,26-27,53H,4-14,16-17,20-21,23-25,28-52H2,1-3H3/b18-15-,22-19-,27-26-. The zero-order chi connectivity index (χ0) is 45.1. The van der Waals surface area contributed by atoms with Crippen LogP contribution in [-0.4, -0.2) is 37.2 Å². The Morgan fingerprint density at radius 2 is 0.597 bits per heavy atom. The smallest absolute Gasteiger partial charge is 0.306 e.